The van der Waals surface area contributed by atoms with Gasteiger partial charge in [-0.25, -0.2) is 0 Å². The molecule has 1 aliphatic rings. The largest absolute Gasteiger partial charge is 0.481 e. The molecule has 0 aromatic carbocycles. The second kappa shape index (κ2) is 6.00. The predicted molar refractivity (Wildman–Crippen MR) is 66.0 cm³/mol. The smallest absolute Gasteiger partial charge is 0.306 e. The molecule has 18 heavy (non-hydrogen) atoms. The van der Waals surface area contributed by atoms with Crippen molar-refractivity contribution in [3.63, 3.8) is 0 Å². The van der Waals surface area contributed by atoms with Gasteiger partial charge in [0.05, 0.1) is 11.6 Å². The van der Waals surface area contributed by atoms with Gasteiger partial charge in [-0.1, -0.05) is 5.16 Å². The first-order valence-corrected chi connectivity index (χ1v) is 6.51. The van der Waals surface area contributed by atoms with Gasteiger partial charge >= 0.3 is 5.97 Å². The average molecular weight is 252 g/mol. The number of aryl methyl sites for hydroxylation is 1. The Bertz CT molecular complexity index is 395. The summed E-state index contributed by atoms with van der Waals surface area (Å²) in [7, 11) is 0. The minimum absolute atomic E-state index is 0.126. The maximum Gasteiger partial charge on any atom is 0.306 e. The van der Waals surface area contributed by atoms with Crippen molar-refractivity contribution in [3.05, 3.63) is 17.5 Å². The van der Waals surface area contributed by atoms with Crippen LogP contribution in [0.2, 0.25) is 0 Å². The molecule has 0 bridgehead atoms. The van der Waals surface area contributed by atoms with Gasteiger partial charge in [0.25, 0.3) is 0 Å². The van der Waals surface area contributed by atoms with E-state index in [1.807, 2.05) is 13.0 Å². The highest BCUT2D eigenvalue weighted by Gasteiger charge is 2.25. The van der Waals surface area contributed by atoms with E-state index in [0.717, 1.165) is 50.2 Å². The van der Waals surface area contributed by atoms with Gasteiger partial charge in [0.1, 0.15) is 5.76 Å². The summed E-state index contributed by atoms with van der Waals surface area (Å²) >= 11 is 0. The van der Waals surface area contributed by atoms with Crippen molar-refractivity contribution in [2.75, 3.05) is 6.54 Å². The number of aliphatic carboxylic acids is 1. The zero-order valence-electron chi connectivity index (χ0n) is 10.7. The predicted octanol–water partition coefficient (Wildman–Crippen LogP) is 1.96. The van der Waals surface area contributed by atoms with Crippen LogP contribution in [0.15, 0.2) is 10.6 Å². The molecule has 0 aliphatic heterocycles. The highest BCUT2D eigenvalue weighted by atomic mass is 16.5. The molecule has 0 atom stereocenters. The van der Waals surface area contributed by atoms with E-state index in [4.69, 9.17) is 9.63 Å². The molecular weight excluding hydrogens is 232 g/mol. The highest BCUT2D eigenvalue weighted by molar-refractivity contribution is 5.69. The van der Waals surface area contributed by atoms with Crippen molar-refractivity contribution in [1.82, 2.24) is 10.5 Å². The van der Waals surface area contributed by atoms with Crippen LogP contribution in [0.1, 0.15) is 37.1 Å². The van der Waals surface area contributed by atoms with Crippen LogP contribution in [0.25, 0.3) is 0 Å². The van der Waals surface area contributed by atoms with E-state index in [1.54, 1.807) is 0 Å². The number of carboxylic acid groups (broad SMARTS) is 1. The van der Waals surface area contributed by atoms with E-state index in [0.29, 0.717) is 5.92 Å². The van der Waals surface area contributed by atoms with Gasteiger partial charge < -0.3 is 14.9 Å². The summed E-state index contributed by atoms with van der Waals surface area (Å²) in [5.74, 6) is 0.654. The van der Waals surface area contributed by atoms with Crippen LogP contribution in [-0.4, -0.2) is 22.8 Å². The molecule has 0 spiro atoms. The maximum absolute atomic E-state index is 10.8. The Morgan fingerprint density at radius 3 is 2.78 bits per heavy atom. The lowest BCUT2D eigenvalue weighted by molar-refractivity contribution is -0.143. The summed E-state index contributed by atoms with van der Waals surface area (Å²) in [4.78, 5) is 10.8. The number of aromatic nitrogens is 1. The zero-order chi connectivity index (χ0) is 13.0. The van der Waals surface area contributed by atoms with Gasteiger partial charge in [-0.05, 0) is 45.1 Å². The molecule has 100 valence electrons. The van der Waals surface area contributed by atoms with Gasteiger partial charge in [-0.2, -0.15) is 0 Å². The molecule has 1 aromatic heterocycles. The molecule has 1 fully saturated rings. The third kappa shape index (κ3) is 3.57. The van der Waals surface area contributed by atoms with Crippen LogP contribution < -0.4 is 5.32 Å². The first-order chi connectivity index (χ1) is 8.65. The van der Waals surface area contributed by atoms with Crippen LogP contribution in [0.3, 0.4) is 0 Å². The minimum atomic E-state index is -0.639. The molecule has 2 N–H and O–H groups in total. The molecule has 1 heterocycles. The Kier molecular flexibility index (Phi) is 4.36. The van der Waals surface area contributed by atoms with E-state index < -0.39 is 5.97 Å². The quantitative estimate of drug-likeness (QED) is 0.838. The molecule has 5 nitrogen and oxygen atoms in total. The monoisotopic (exact) mass is 252 g/mol. The topological polar surface area (TPSA) is 75.4 Å². The second-order valence-corrected chi connectivity index (χ2v) is 5.12. The van der Waals surface area contributed by atoms with Crippen molar-refractivity contribution in [1.29, 1.82) is 0 Å². The molecule has 0 unspecified atom stereocenters. The van der Waals surface area contributed by atoms with Crippen LogP contribution in [0.5, 0.6) is 0 Å². The number of carboxylic acids is 1. The summed E-state index contributed by atoms with van der Waals surface area (Å²) in [5, 5.41) is 16.2. The SMILES string of the molecule is Cc1cc(CNCC2CCC(C(=O)O)CC2)no1. The van der Waals surface area contributed by atoms with Crippen molar-refractivity contribution >= 4 is 5.97 Å². The summed E-state index contributed by atoms with van der Waals surface area (Å²) in [6.07, 6.45) is 3.62. The van der Waals surface area contributed by atoms with Crippen molar-refractivity contribution in [3.8, 4) is 0 Å². The third-order valence-electron chi connectivity index (χ3n) is 3.61. The van der Waals surface area contributed by atoms with E-state index in [1.165, 1.54) is 0 Å². The zero-order valence-corrected chi connectivity index (χ0v) is 10.7. The van der Waals surface area contributed by atoms with Gasteiger partial charge in [0, 0.05) is 12.6 Å². The average Bonchev–Trinajstić information content (AvgIpc) is 2.76. The Labute approximate surface area is 107 Å². The molecule has 0 saturated heterocycles. The number of carbonyl (C=O) groups is 1. The Morgan fingerprint density at radius 2 is 2.22 bits per heavy atom. The lowest BCUT2D eigenvalue weighted by atomic mass is 9.82. The lowest BCUT2D eigenvalue weighted by Crippen LogP contribution is -2.28. The van der Waals surface area contributed by atoms with Gasteiger partial charge in [0.2, 0.25) is 0 Å². The maximum atomic E-state index is 10.8. The summed E-state index contributed by atoms with van der Waals surface area (Å²) in [6, 6.07) is 1.92. The first kappa shape index (κ1) is 13.1. The van der Waals surface area contributed by atoms with Gasteiger partial charge in [-0.15, -0.1) is 0 Å². The molecule has 1 saturated carbocycles. The van der Waals surface area contributed by atoms with Crippen LogP contribution in [0, 0.1) is 18.8 Å². The van der Waals surface area contributed by atoms with E-state index in [-0.39, 0.29) is 5.92 Å². The summed E-state index contributed by atoms with van der Waals surface area (Å²) in [5.41, 5.74) is 0.923. The standard InChI is InChI=1S/C13H20N2O3/c1-9-6-12(15-18-9)8-14-7-10-2-4-11(5-3-10)13(16)17/h6,10-11,14H,2-5,7-8H2,1H3,(H,16,17). The molecule has 0 amide bonds. The second-order valence-electron chi connectivity index (χ2n) is 5.12. The fourth-order valence-electron chi connectivity index (χ4n) is 2.52. The Morgan fingerprint density at radius 1 is 1.50 bits per heavy atom. The lowest BCUT2D eigenvalue weighted by Gasteiger charge is -2.26. The van der Waals surface area contributed by atoms with Crippen LogP contribution in [0.4, 0.5) is 0 Å². The fourth-order valence-corrected chi connectivity index (χ4v) is 2.52. The normalized spacial score (nSPS) is 24.1. The number of rotatable bonds is 5. The van der Waals surface area contributed by atoms with Crippen LogP contribution >= 0.6 is 0 Å². The number of nitrogens with one attached hydrogen (secondary N) is 1. The third-order valence-corrected chi connectivity index (χ3v) is 3.61. The van der Waals surface area contributed by atoms with Crippen molar-refractivity contribution in [2.24, 2.45) is 11.8 Å². The molecule has 5 heteroatoms. The Balaban J connectivity index is 1.65. The van der Waals surface area contributed by atoms with Gasteiger partial charge in [0.15, 0.2) is 0 Å². The van der Waals surface area contributed by atoms with Crippen molar-refractivity contribution < 1.29 is 14.4 Å². The van der Waals surface area contributed by atoms with Gasteiger partial charge in [-0.3, -0.25) is 4.79 Å². The van der Waals surface area contributed by atoms with Crippen LogP contribution in [-0.2, 0) is 11.3 Å². The fraction of sp³-hybridized carbons (Fsp3) is 0.692. The minimum Gasteiger partial charge on any atom is -0.481 e. The van der Waals surface area contributed by atoms with E-state index in [2.05, 4.69) is 10.5 Å². The summed E-state index contributed by atoms with van der Waals surface area (Å²) in [6.45, 7) is 3.53. The Hall–Kier alpha value is -1.36. The molecule has 0 radical (unpaired) electrons. The number of hydrogen-bond acceptors (Lipinski definition) is 4. The molecule has 1 aromatic rings. The molecule has 1 aliphatic carbocycles. The van der Waals surface area contributed by atoms with E-state index >= 15 is 0 Å². The summed E-state index contributed by atoms with van der Waals surface area (Å²) < 4.78 is 4.99. The van der Waals surface area contributed by atoms with E-state index in [9.17, 15) is 4.79 Å². The van der Waals surface area contributed by atoms with Crippen molar-refractivity contribution in [2.45, 2.75) is 39.2 Å². The first-order valence-electron chi connectivity index (χ1n) is 6.51. The molecule has 2 rings (SSSR count). The number of nitrogens with zero attached hydrogens (tertiary/aromatic N) is 1. The highest BCUT2D eigenvalue weighted by Crippen LogP contribution is 2.28. The number of hydrogen-bond donors (Lipinski definition) is 2. The molecular formula is C13H20N2O3.